The van der Waals surface area contributed by atoms with Crippen LogP contribution in [0.25, 0.3) is 0 Å². The van der Waals surface area contributed by atoms with Gasteiger partial charge in [0.25, 0.3) is 0 Å². The molecule has 2 rings (SSSR count). The molecular weight excluding hydrogens is 218 g/mol. The van der Waals surface area contributed by atoms with Crippen LogP contribution in [0.15, 0.2) is 18.2 Å². The van der Waals surface area contributed by atoms with E-state index in [1.165, 1.54) is 11.1 Å². The standard InChI is InChI=1S/C13H17NO3/c1-8-3-4-12-10(5-8)6-11(17-12)7-14-9(2)13(15)16/h3-5,9,11,14H,6-7H2,1-2H3,(H,15,16)/t9-,11?/m0/s1. The molecule has 0 fully saturated rings. The summed E-state index contributed by atoms with van der Waals surface area (Å²) in [5.74, 6) is 0.0849. The van der Waals surface area contributed by atoms with E-state index in [0.717, 1.165) is 12.2 Å². The zero-order chi connectivity index (χ0) is 12.4. The van der Waals surface area contributed by atoms with Crippen LogP contribution in [0.1, 0.15) is 18.1 Å². The number of hydrogen-bond donors (Lipinski definition) is 2. The van der Waals surface area contributed by atoms with Crippen molar-refractivity contribution in [2.75, 3.05) is 6.54 Å². The van der Waals surface area contributed by atoms with E-state index in [4.69, 9.17) is 9.84 Å². The summed E-state index contributed by atoms with van der Waals surface area (Å²) in [6.45, 7) is 4.24. The van der Waals surface area contributed by atoms with Crippen molar-refractivity contribution in [2.24, 2.45) is 0 Å². The van der Waals surface area contributed by atoms with Crippen LogP contribution in [-0.2, 0) is 11.2 Å². The van der Waals surface area contributed by atoms with E-state index in [1.54, 1.807) is 6.92 Å². The Morgan fingerprint density at radius 2 is 2.41 bits per heavy atom. The Hall–Kier alpha value is -1.55. The molecule has 1 aromatic carbocycles. The SMILES string of the molecule is Cc1ccc2c(c1)CC(CN[C@@H](C)C(=O)O)O2. The van der Waals surface area contributed by atoms with Crippen LogP contribution in [-0.4, -0.2) is 29.8 Å². The Bertz CT molecular complexity index is 431. The molecular formula is C13H17NO3. The van der Waals surface area contributed by atoms with E-state index in [0.29, 0.717) is 6.54 Å². The van der Waals surface area contributed by atoms with Crippen LogP contribution in [0.3, 0.4) is 0 Å². The Kier molecular flexibility index (Phi) is 3.33. The van der Waals surface area contributed by atoms with Crippen molar-refractivity contribution in [1.29, 1.82) is 0 Å². The van der Waals surface area contributed by atoms with E-state index < -0.39 is 12.0 Å². The largest absolute Gasteiger partial charge is 0.488 e. The molecule has 1 aliphatic rings. The normalized spacial score (nSPS) is 19.5. The number of carboxylic acid groups (broad SMARTS) is 1. The average Bonchev–Trinajstić information content (AvgIpc) is 2.67. The molecule has 0 saturated carbocycles. The summed E-state index contributed by atoms with van der Waals surface area (Å²) in [7, 11) is 0. The summed E-state index contributed by atoms with van der Waals surface area (Å²) in [4.78, 5) is 10.7. The molecule has 0 bridgehead atoms. The number of ether oxygens (including phenoxy) is 1. The fourth-order valence-corrected chi connectivity index (χ4v) is 1.96. The Morgan fingerprint density at radius 3 is 3.12 bits per heavy atom. The third-order valence-electron chi connectivity index (χ3n) is 2.98. The van der Waals surface area contributed by atoms with Gasteiger partial charge in [0.15, 0.2) is 0 Å². The minimum Gasteiger partial charge on any atom is -0.488 e. The van der Waals surface area contributed by atoms with Gasteiger partial charge in [0, 0.05) is 13.0 Å². The Balaban J connectivity index is 1.90. The summed E-state index contributed by atoms with van der Waals surface area (Å²) >= 11 is 0. The number of carboxylic acids is 1. The lowest BCUT2D eigenvalue weighted by molar-refractivity contribution is -0.139. The lowest BCUT2D eigenvalue weighted by Gasteiger charge is -2.14. The lowest BCUT2D eigenvalue weighted by Crippen LogP contribution is -2.40. The van der Waals surface area contributed by atoms with E-state index in [2.05, 4.69) is 18.3 Å². The first-order valence-electron chi connectivity index (χ1n) is 5.78. The summed E-state index contributed by atoms with van der Waals surface area (Å²) in [5.41, 5.74) is 2.43. The minimum atomic E-state index is -0.837. The van der Waals surface area contributed by atoms with Crippen LogP contribution >= 0.6 is 0 Å². The third kappa shape index (κ3) is 2.77. The van der Waals surface area contributed by atoms with Crippen molar-refractivity contribution in [3.63, 3.8) is 0 Å². The summed E-state index contributed by atoms with van der Waals surface area (Å²) in [6, 6.07) is 5.58. The quantitative estimate of drug-likeness (QED) is 0.827. The summed E-state index contributed by atoms with van der Waals surface area (Å²) in [5, 5.41) is 11.7. The molecule has 1 aliphatic heterocycles. The highest BCUT2D eigenvalue weighted by Gasteiger charge is 2.23. The van der Waals surface area contributed by atoms with Crippen molar-refractivity contribution >= 4 is 5.97 Å². The number of rotatable bonds is 4. The van der Waals surface area contributed by atoms with Crippen molar-refractivity contribution < 1.29 is 14.6 Å². The van der Waals surface area contributed by atoms with Crippen LogP contribution in [0.2, 0.25) is 0 Å². The zero-order valence-electron chi connectivity index (χ0n) is 10.1. The minimum absolute atomic E-state index is 0.0357. The highest BCUT2D eigenvalue weighted by Crippen LogP contribution is 2.29. The predicted molar refractivity (Wildman–Crippen MR) is 64.4 cm³/mol. The second kappa shape index (κ2) is 4.75. The number of aryl methyl sites for hydroxylation is 1. The number of fused-ring (bicyclic) bond motifs is 1. The van der Waals surface area contributed by atoms with Gasteiger partial charge >= 0.3 is 5.97 Å². The van der Waals surface area contributed by atoms with Gasteiger partial charge in [0.2, 0.25) is 0 Å². The van der Waals surface area contributed by atoms with Gasteiger partial charge in [0.05, 0.1) is 0 Å². The molecule has 2 atom stereocenters. The lowest BCUT2D eigenvalue weighted by atomic mass is 10.1. The number of carbonyl (C=O) groups is 1. The number of nitrogens with one attached hydrogen (secondary N) is 1. The molecule has 0 saturated heterocycles. The van der Waals surface area contributed by atoms with Crippen LogP contribution < -0.4 is 10.1 Å². The van der Waals surface area contributed by atoms with Crippen molar-refractivity contribution in [3.05, 3.63) is 29.3 Å². The maximum Gasteiger partial charge on any atom is 0.320 e. The van der Waals surface area contributed by atoms with E-state index in [9.17, 15) is 4.79 Å². The molecule has 1 unspecified atom stereocenters. The molecule has 4 heteroatoms. The topological polar surface area (TPSA) is 58.6 Å². The smallest absolute Gasteiger partial charge is 0.320 e. The molecule has 92 valence electrons. The molecule has 0 spiro atoms. The van der Waals surface area contributed by atoms with E-state index in [1.807, 2.05) is 12.1 Å². The zero-order valence-corrected chi connectivity index (χ0v) is 10.1. The Labute approximate surface area is 101 Å². The molecule has 2 N–H and O–H groups in total. The number of benzene rings is 1. The maximum absolute atomic E-state index is 10.7. The first kappa shape index (κ1) is 11.9. The van der Waals surface area contributed by atoms with Crippen LogP contribution in [0.4, 0.5) is 0 Å². The number of hydrogen-bond acceptors (Lipinski definition) is 3. The van der Waals surface area contributed by atoms with Gasteiger partial charge in [-0.2, -0.15) is 0 Å². The fourth-order valence-electron chi connectivity index (χ4n) is 1.96. The molecule has 1 heterocycles. The van der Waals surface area contributed by atoms with Crippen molar-refractivity contribution in [3.8, 4) is 5.75 Å². The fraction of sp³-hybridized carbons (Fsp3) is 0.462. The van der Waals surface area contributed by atoms with Crippen molar-refractivity contribution in [2.45, 2.75) is 32.4 Å². The first-order chi connectivity index (χ1) is 8.06. The molecule has 0 amide bonds. The van der Waals surface area contributed by atoms with Gasteiger partial charge in [-0.05, 0) is 25.5 Å². The van der Waals surface area contributed by atoms with Gasteiger partial charge in [-0.1, -0.05) is 17.7 Å². The van der Waals surface area contributed by atoms with E-state index in [-0.39, 0.29) is 6.10 Å². The molecule has 0 aliphatic carbocycles. The highest BCUT2D eigenvalue weighted by atomic mass is 16.5. The molecule has 0 radical (unpaired) electrons. The third-order valence-corrected chi connectivity index (χ3v) is 2.98. The molecule has 0 aromatic heterocycles. The predicted octanol–water partition coefficient (Wildman–Crippen LogP) is 1.36. The van der Waals surface area contributed by atoms with Crippen molar-refractivity contribution in [1.82, 2.24) is 5.32 Å². The van der Waals surface area contributed by atoms with Crippen LogP contribution in [0, 0.1) is 6.92 Å². The summed E-state index contributed by atoms with van der Waals surface area (Å²) in [6.07, 6.45) is 0.879. The molecule has 4 nitrogen and oxygen atoms in total. The second-order valence-corrected chi connectivity index (χ2v) is 4.52. The molecule has 17 heavy (non-hydrogen) atoms. The average molecular weight is 235 g/mol. The van der Waals surface area contributed by atoms with Gasteiger partial charge in [-0.25, -0.2) is 0 Å². The van der Waals surface area contributed by atoms with Gasteiger partial charge in [-0.15, -0.1) is 0 Å². The number of aliphatic carboxylic acids is 1. The first-order valence-corrected chi connectivity index (χ1v) is 5.78. The van der Waals surface area contributed by atoms with Gasteiger partial charge in [-0.3, -0.25) is 4.79 Å². The van der Waals surface area contributed by atoms with Gasteiger partial charge in [0.1, 0.15) is 17.9 Å². The molecule has 1 aromatic rings. The van der Waals surface area contributed by atoms with E-state index >= 15 is 0 Å². The maximum atomic E-state index is 10.7. The highest BCUT2D eigenvalue weighted by molar-refractivity contribution is 5.72. The second-order valence-electron chi connectivity index (χ2n) is 4.52. The Morgan fingerprint density at radius 1 is 1.65 bits per heavy atom. The van der Waals surface area contributed by atoms with Gasteiger partial charge < -0.3 is 15.2 Å². The monoisotopic (exact) mass is 235 g/mol. The summed E-state index contributed by atoms with van der Waals surface area (Å²) < 4.78 is 5.74. The van der Waals surface area contributed by atoms with Crippen LogP contribution in [0.5, 0.6) is 5.75 Å².